The van der Waals surface area contributed by atoms with Gasteiger partial charge in [-0.1, -0.05) is 0 Å². The van der Waals surface area contributed by atoms with E-state index < -0.39 is 0 Å². The van der Waals surface area contributed by atoms with Crippen molar-refractivity contribution in [1.29, 1.82) is 0 Å². The SMILES string of the molecule is C1CNCCNCC[N-]1.CO.Cl.Cl.Cl.[CH3-].[CH3-].[Ti+3]. The maximum Gasteiger partial charge on any atom is 3.00 e. The number of hydrogen-bond acceptors (Lipinski definition) is 3. The van der Waals surface area contributed by atoms with Gasteiger partial charge in [-0.2, -0.15) is 0 Å². The molecule has 1 aliphatic heterocycles. The summed E-state index contributed by atoms with van der Waals surface area (Å²) in [6, 6.07) is 0. The molecule has 1 radical (unpaired) electrons. The Kier molecular flexibility index (Phi) is 109. The van der Waals surface area contributed by atoms with Gasteiger partial charge in [0, 0.05) is 20.2 Å². The number of halogens is 3. The summed E-state index contributed by atoms with van der Waals surface area (Å²) in [6.07, 6.45) is 0. The van der Waals surface area contributed by atoms with Gasteiger partial charge >= 0.3 is 21.7 Å². The Morgan fingerprint density at radius 3 is 1.35 bits per heavy atom. The van der Waals surface area contributed by atoms with Crippen molar-refractivity contribution in [2.24, 2.45) is 0 Å². The minimum absolute atomic E-state index is 0. The summed E-state index contributed by atoms with van der Waals surface area (Å²) < 4.78 is 0. The average molecular weight is 348 g/mol. The van der Waals surface area contributed by atoms with Crippen molar-refractivity contribution in [2.45, 2.75) is 0 Å². The van der Waals surface area contributed by atoms with Gasteiger partial charge in [-0.25, -0.2) is 0 Å². The molecule has 0 bridgehead atoms. The van der Waals surface area contributed by atoms with E-state index in [2.05, 4.69) is 16.0 Å². The van der Waals surface area contributed by atoms with Crippen LogP contribution in [0.25, 0.3) is 5.32 Å². The molecular formula is C9H27Cl3N3OTi. The smallest absolute Gasteiger partial charge is 0.660 e. The quantitative estimate of drug-likeness (QED) is 0.458. The van der Waals surface area contributed by atoms with Gasteiger partial charge in [0.05, 0.1) is 0 Å². The largest absolute Gasteiger partial charge is 3.00 e. The summed E-state index contributed by atoms with van der Waals surface area (Å²) in [6.45, 7) is 6.19. The van der Waals surface area contributed by atoms with Crippen molar-refractivity contribution in [3.63, 3.8) is 0 Å². The van der Waals surface area contributed by atoms with Gasteiger partial charge in [0.1, 0.15) is 0 Å². The van der Waals surface area contributed by atoms with Crippen molar-refractivity contribution in [3.8, 4) is 0 Å². The van der Waals surface area contributed by atoms with Crippen LogP contribution in [-0.4, -0.2) is 51.5 Å². The molecule has 0 unspecified atom stereocenters. The number of nitrogens with zero attached hydrogens (tertiary/aromatic N) is 1. The van der Waals surface area contributed by atoms with Gasteiger partial charge in [-0.3, -0.25) is 0 Å². The molecule has 1 rings (SSSR count). The molecule has 1 saturated heterocycles. The van der Waals surface area contributed by atoms with E-state index in [-0.39, 0.29) is 73.8 Å². The van der Waals surface area contributed by atoms with Gasteiger partial charge in [0.25, 0.3) is 0 Å². The van der Waals surface area contributed by atoms with Crippen LogP contribution in [-0.2, 0) is 21.7 Å². The van der Waals surface area contributed by atoms with Gasteiger partial charge < -0.3 is 35.9 Å². The van der Waals surface area contributed by atoms with Gasteiger partial charge in [0.15, 0.2) is 0 Å². The van der Waals surface area contributed by atoms with Gasteiger partial charge in [0.2, 0.25) is 0 Å². The van der Waals surface area contributed by atoms with Crippen LogP contribution in [0.1, 0.15) is 0 Å². The number of aliphatic hydroxyl groups is 1. The van der Waals surface area contributed by atoms with Crippen LogP contribution in [0.5, 0.6) is 0 Å². The summed E-state index contributed by atoms with van der Waals surface area (Å²) >= 11 is 0. The molecule has 0 saturated carbocycles. The molecule has 0 amide bonds. The minimum Gasteiger partial charge on any atom is -0.660 e. The van der Waals surface area contributed by atoms with Crippen LogP contribution >= 0.6 is 37.2 Å². The summed E-state index contributed by atoms with van der Waals surface area (Å²) in [5, 5.41) is 17.8. The standard InChI is InChI=1S/C6H14N3.CH4O.2CH3.3ClH.Ti/c1-2-8-5-6-9-4-3-7-1;1-2;;;;;;/h7-8H,1-6H2;2H,1H3;2*1H3;3*1H;/q-1;;2*-1;;;;+3. The molecule has 3 N–H and O–H groups in total. The molecule has 4 nitrogen and oxygen atoms in total. The second kappa shape index (κ2) is 43.3. The van der Waals surface area contributed by atoms with E-state index >= 15 is 0 Å². The third-order valence-corrected chi connectivity index (χ3v) is 1.37. The second-order valence-corrected chi connectivity index (χ2v) is 2.17. The van der Waals surface area contributed by atoms with Crippen molar-refractivity contribution >= 4 is 37.2 Å². The predicted molar refractivity (Wildman–Crippen MR) is 81.5 cm³/mol. The first kappa shape index (κ1) is 42.9. The zero-order chi connectivity index (χ0) is 8.36. The van der Waals surface area contributed by atoms with Crippen LogP contribution < -0.4 is 10.6 Å². The molecule has 109 valence electrons. The van der Waals surface area contributed by atoms with Crippen LogP contribution in [0, 0.1) is 14.9 Å². The van der Waals surface area contributed by atoms with Crippen molar-refractivity contribution in [1.82, 2.24) is 10.6 Å². The van der Waals surface area contributed by atoms with E-state index in [1.807, 2.05) is 0 Å². The molecule has 0 aromatic heterocycles. The average Bonchev–Trinajstić information content (AvgIpc) is 2.22. The maximum atomic E-state index is 7.00. The molecule has 8 heteroatoms. The number of hydrogen-bond donors (Lipinski definition) is 3. The van der Waals surface area contributed by atoms with E-state index in [0.717, 1.165) is 46.4 Å². The third-order valence-electron chi connectivity index (χ3n) is 1.37. The van der Waals surface area contributed by atoms with E-state index in [0.29, 0.717) is 0 Å². The normalized spacial score (nSPS) is 13.1. The maximum absolute atomic E-state index is 7.00. The van der Waals surface area contributed by atoms with E-state index in [9.17, 15) is 0 Å². The summed E-state index contributed by atoms with van der Waals surface area (Å²) in [5.41, 5.74) is 0. The van der Waals surface area contributed by atoms with Crippen LogP contribution in [0.2, 0.25) is 0 Å². The van der Waals surface area contributed by atoms with Crippen LogP contribution in [0.3, 0.4) is 0 Å². The zero-order valence-corrected chi connectivity index (χ0v) is 14.9. The minimum atomic E-state index is 0. The molecule has 0 atom stereocenters. The zero-order valence-electron chi connectivity index (χ0n) is 10.9. The van der Waals surface area contributed by atoms with Gasteiger partial charge in [-0.05, 0) is 13.1 Å². The molecule has 0 aromatic carbocycles. The molecule has 1 heterocycles. The summed E-state index contributed by atoms with van der Waals surface area (Å²) in [5.74, 6) is 0. The van der Waals surface area contributed by atoms with Crippen LogP contribution in [0.4, 0.5) is 0 Å². The molecule has 0 aromatic rings. The Morgan fingerprint density at radius 2 is 1.06 bits per heavy atom. The molecular weight excluding hydrogens is 320 g/mol. The Balaban J connectivity index is -0.0000000238. The molecule has 0 spiro atoms. The third kappa shape index (κ3) is 38.1. The van der Waals surface area contributed by atoms with Gasteiger partial charge in [-0.15, -0.1) is 50.3 Å². The Labute approximate surface area is 141 Å². The van der Waals surface area contributed by atoms with Crippen molar-refractivity contribution in [2.75, 3.05) is 46.4 Å². The Hall–Kier alpha value is 1.42. The van der Waals surface area contributed by atoms with Crippen molar-refractivity contribution < 1.29 is 26.8 Å². The first-order chi connectivity index (χ1) is 5.50. The van der Waals surface area contributed by atoms with E-state index in [1.54, 1.807) is 0 Å². The Bertz CT molecular complexity index is 60.0. The predicted octanol–water partition coefficient (Wildman–Crippen LogP) is 1.32. The summed E-state index contributed by atoms with van der Waals surface area (Å²) in [4.78, 5) is 0. The fourth-order valence-electron chi connectivity index (χ4n) is 0.855. The first-order valence-electron chi connectivity index (χ1n) is 3.99. The van der Waals surface area contributed by atoms with Crippen molar-refractivity contribution in [3.05, 3.63) is 20.2 Å². The molecule has 1 aliphatic rings. The molecule has 1 fully saturated rings. The number of aliphatic hydroxyl groups excluding tert-OH is 1. The van der Waals surface area contributed by atoms with E-state index in [1.165, 1.54) is 0 Å². The fourth-order valence-corrected chi connectivity index (χ4v) is 0.855. The second-order valence-electron chi connectivity index (χ2n) is 2.17. The topological polar surface area (TPSA) is 58.4 Å². The summed E-state index contributed by atoms with van der Waals surface area (Å²) in [7, 11) is 1.00. The molecule has 0 aliphatic carbocycles. The number of nitrogens with one attached hydrogen (secondary N) is 2. The van der Waals surface area contributed by atoms with Crippen LogP contribution in [0.15, 0.2) is 0 Å². The Morgan fingerprint density at radius 1 is 0.765 bits per heavy atom. The van der Waals surface area contributed by atoms with E-state index in [4.69, 9.17) is 5.11 Å². The monoisotopic (exact) mass is 346 g/mol. The fraction of sp³-hybridized carbons (Fsp3) is 0.778. The number of rotatable bonds is 0. The first-order valence-corrected chi connectivity index (χ1v) is 3.99. The molecule has 17 heavy (non-hydrogen) atoms.